The van der Waals surface area contributed by atoms with Gasteiger partial charge in [-0.3, -0.25) is 14.9 Å². The molecule has 8 heteroatoms. The Bertz CT molecular complexity index is 1340. The lowest BCUT2D eigenvalue weighted by Crippen LogP contribution is -2.32. The first-order valence-electron chi connectivity index (χ1n) is 10.2. The first kappa shape index (κ1) is 19.7. The number of ether oxygens (including phenoxy) is 1. The smallest absolute Gasteiger partial charge is 0.269 e. The number of non-ortho nitro benzene ring substituents is 1. The Morgan fingerprint density at radius 2 is 1.84 bits per heavy atom. The number of rotatable bonds is 3. The summed E-state index contributed by atoms with van der Waals surface area (Å²) in [5.41, 5.74) is 5.22. The number of aromatic amines is 1. The number of imidazole rings is 1. The Kier molecular flexibility index (Phi) is 4.82. The zero-order valence-electron chi connectivity index (χ0n) is 17.4. The molecule has 2 heterocycles. The van der Waals surface area contributed by atoms with E-state index in [9.17, 15) is 14.9 Å². The van der Waals surface area contributed by atoms with E-state index < -0.39 is 4.92 Å². The van der Waals surface area contributed by atoms with Crippen LogP contribution in [0, 0.1) is 17.0 Å². The van der Waals surface area contributed by atoms with Gasteiger partial charge in [-0.05, 0) is 54.4 Å². The van der Waals surface area contributed by atoms with E-state index in [0.717, 1.165) is 39.3 Å². The lowest BCUT2D eigenvalue weighted by molar-refractivity contribution is -0.384. The lowest BCUT2D eigenvalue weighted by Gasteiger charge is -2.20. The molecule has 1 aliphatic rings. The molecule has 1 aromatic heterocycles. The Hall–Kier alpha value is -4.20. The van der Waals surface area contributed by atoms with E-state index in [0.29, 0.717) is 25.3 Å². The molecule has 0 saturated heterocycles. The number of aromatic nitrogens is 2. The molecule has 0 saturated carbocycles. The minimum Gasteiger partial charge on any atom is -0.491 e. The van der Waals surface area contributed by atoms with Crippen LogP contribution in [0.25, 0.3) is 22.2 Å². The number of hydrogen-bond acceptors (Lipinski definition) is 5. The zero-order valence-corrected chi connectivity index (χ0v) is 17.4. The minimum absolute atomic E-state index is 0.0418. The normalized spacial score (nSPS) is 13.3. The average Bonchev–Trinajstić information content (AvgIpc) is 3.04. The fourth-order valence-corrected chi connectivity index (χ4v) is 3.97. The number of nitro benzene ring substituents is 1. The summed E-state index contributed by atoms with van der Waals surface area (Å²) in [6.07, 6.45) is 0. The fraction of sp³-hybridized carbons (Fsp3) is 0.167. The quantitative estimate of drug-likeness (QED) is 0.383. The lowest BCUT2D eigenvalue weighted by atomic mass is 10.0. The molecule has 5 rings (SSSR count). The molecular weight excluding hydrogens is 408 g/mol. The zero-order chi connectivity index (χ0) is 22.2. The van der Waals surface area contributed by atoms with Crippen LogP contribution < -0.4 is 4.74 Å². The van der Waals surface area contributed by atoms with Gasteiger partial charge in [-0.15, -0.1) is 0 Å². The highest BCUT2D eigenvalue weighted by atomic mass is 16.6. The van der Waals surface area contributed by atoms with Crippen LogP contribution in [0.1, 0.15) is 21.7 Å². The van der Waals surface area contributed by atoms with Crippen LogP contribution in [-0.2, 0) is 6.54 Å². The maximum Gasteiger partial charge on any atom is 0.269 e. The van der Waals surface area contributed by atoms with E-state index in [1.807, 2.05) is 43.3 Å². The molecule has 3 aromatic carbocycles. The molecule has 1 N–H and O–H groups in total. The molecule has 0 fully saturated rings. The molecule has 160 valence electrons. The molecule has 8 nitrogen and oxygen atoms in total. The third-order valence-corrected chi connectivity index (χ3v) is 5.59. The second-order valence-corrected chi connectivity index (χ2v) is 7.76. The van der Waals surface area contributed by atoms with E-state index in [4.69, 9.17) is 4.74 Å². The van der Waals surface area contributed by atoms with Crippen LogP contribution in [0.5, 0.6) is 5.75 Å². The van der Waals surface area contributed by atoms with Gasteiger partial charge >= 0.3 is 0 Å². The predicted molar refractivity (Wildman–Crippen MR) is 120 cm³/mol. The van der Waals surface area contributed by atoms with Crippen LogP contribution in [0.15, 0.2) is 60.7 Å². The molecule has 0 aliphatic carbocycles. The number of benzene rings is 3. The van der Waals surface area contributed by atoms with Crippen LogP contribution in [0.3, 0.4) is 0 Å². The van der Waals surface area contributed by atoms with Gasteiger partial charge < -0.3 is 14.6 Å². The Morgan fingerprint density at radius 3 is 2.62 bits per heavy atom. The topological polar surface area (TPSA) is 101 Å². The number of H-pyrrole nitrogens is 1. The van der Waals surface area contributed by atoms with E-state index in [1.54, 1.807) is 4.90 Å². The summed E-state index contributed by atoms with van der Waals surface area (Å²) in [6.45, 7) is 3.13. The van der Waals surface area contributed by atoms with Gasteiger partial charge in [0.15, 0.2) is 0 Å². The molecular formula is C24H20N4O4. The van der Waals surface area contributed by atoms with Gasteiger partial charge in [0.2, 0.25) is 0 Å². The minimum atomic E-state index is -0.479. The van der Waals surface area contributed by atoms with E-state index in [-0.39, 0.29) is 11.6 Å². The molecule has 0 radical (unpaired) electrons. The summed E-state index contributed by atoms with van der Waals surface area (Å²) in [5, 5.41) is 10.9. The van der Waals surface area contributed by atoms with E-state index in [1.165, 1.54) is 24.3 Å². The maximum atomic E-state index is 13.0. The number of nitrogens with zero attached hydrogens (tertiary/aromatic N) is 3. The number of carbonyl (C=O) groups excluding carboxylic acids is 1. The Labute approximate surface area is 183 Å². The second kappa shape index (κ2) is 7.81. The van der Waals surface area contributed by atoms with Crippen molar-refractivity contribution in [1.29, 1.82) is 0 Å². The van der Waals surface area contributed by atoms with Crippen molar-refractivity contribution in [1.82, 2.24) is 14.9 Å². The third kappa shape index (κ3) is 3.66. The van der Waals surface area contributed by atoms with E-state index >= 15 is 0 Å². The number of nitrogens with one attached hydrogen (secondary N) is 1. The van der Waals surface area contributed by atoms with Gasteiger partial charge in [0, 0.05) is 29.8 Å². The third-order valence-electron chi connectivity index (χ3n) is 5.59. The van der Waals surface area contributed by atoms with Crippen molar-refractivity contribution in [3.63, 3.8) is 0 Å². The summed E-state index contributed by atoms with van der Waals surface area (Å²) in [6, 6.07) is 17.7. The highest BCUT2D eigenvalue weighted by Crippen LogP contribution is 2.31. The van der Waals surface area contributed by atoms with Crippen molar-refractivity contribution in [2.45, 2.75) is 13.5 Å². The van der Waals surface area contributed by atoms with Crippen molar-refractivity contribution >= 4 is 22.6 Å². The number of nitro groups is 1. The number of hydrogen-bond donors (Lipinski definition) is 1. The number of amides is 1. The Balaban J connectivity index is 1.43. The summed E-state index contributed by atoms with van der Waals surface area (Å²) < 4.78 is 5.88. The van der Waals surface area contributed by atoms with Crippen LogP contribution in [0.2, 0.25) is 0 Å². The molecule has 0 atom stereocenters. The van der Waals surface area contributed by atoms with Crippen molar-refractivity contribution in [3.8, 4) is 16.9 Å². The summed E-state index contributed by atoms with van der Waals surface area (Å²) in [7, 11) is 0. The molecule has 0 spiro atoms. The van der Waals surface area contributed by atoms with E-state index in [2.05, 4.69) is 9.97 Å². The maximum absolute atomic E-state index is 13.0. The van der Waals surface area contributed by atoms with Gasteiger partial charge in [-0.25, -0.2) is 4.98 Å². The van der Waals surface area contributed by atoms with Gasteiger partial charge in [-0.2, -0.15) is 0 Å². The summed E-state index contributed by atoms with van der Waals surface area (Å²) in [4.78, 5) is 32.9. The van der Waals surface area contributed by atoms with Crippen molar-refractivity contribution < 1.29 is 14.5 Å². The average molecular weight is 428 g/mol. The molecule has 1 amide bonds. The number of aryl methyl sites for hydroxylation is 1. The van der Waals surface area contributed by atoms with Gasteiger partial charge in [-0.1, -0.05) is 12.1 Å². The molecule has 0 unspecified atom stereocenters. The Morgan fingerprint density at radius 1 is 1.09 bits per heavy atom. The van der Waals surface area contributed by atoms with Crippen LogP contribution in [0.4, 0.5) is 5.69 Å². The van der Waals surface area contributed by atoms with Gasteiger partial charge in [0.05, 0.1) is 22.5 Å². The number of carbonyl (C=O) groups is 1. The largest absolute Gasteiger partial charge is 0.491 e. The fourth-order valence-electron chi connectivity index (χ4n) is 3.97. The SMILES string of the molecule is Cc1nc2cc(-c3ccc4c(c3)CN(C(=O)c3ccc([N+](=O)[O-])cc3)CCO4)ccc2[nH]1. The standard InChI is InChI=1S/C24H20N4O4/c1-15-25-21-8-4-18(13-22(21)26-15)17-5-9-23-19(12-17)14-27(10-11-32-23)24(29)16-2-6-20(7-3-16)28(30)31/h2-9,12-13H,10-11,14H2,1H3,(H,25,26). The van der Waals surface area contributed by atoms with Crippen molar-refractivity contribution in [2.24, 2.45) is 0 Å². The van der Waals surface area contributed by atoms with Crippen molar-refractivity contribution in [3.05, 3.63) is 87.7 Å². The highest BCUT2D eigenvalue weighted by molar-refractivity contribution is 5.94. The highest BCUT2D eigenvalue weighted by Gasteiger charge is 2.22. The first-order chi connectivity index (χ1) is 15.5. The predicted octanol–water partition coefficient (Wildman–Crippen LogP) is 4.48. The van der Waals surface area contributed by atoms with Crippen LogP contribution >= 0.6 is 0 Å². The first-order valence-corrected chi connectivity index (χ1v) is 10.2. The van der Waals surface area contributed by atoms with Gasteiger partial charge in [0.1, 0.15) is 18.2 Å². The molecule has 4 aromatic rings. The van der Waals surface area contributed by atoms with Crippen molar-refractivity contribution in [2.75, 3.05) is 13.2 Å². The molecule has 1 aliphatic heterocycles. The monoisotopic (exact) mass is 428 g/mol. The van der Waals surface area contributed by atoms with Gasteiger partial charge in [0.25, 0.3) is 11.6 Å². The van der Waals surface area contributed by atoms with Crippen LogP contribution in [-0.4, -0.2) is 38.8 Å². The molecule has 32 heavy (non-hydrogen) atoms. The molecule has 0 bridgehead atoms. The second-order valence-electron chi connectivity index (χ2n) is 7.76. The summed E-state index contributed by atoms with van der Waals surface area (Å²) in [5.74, 6) is 1.44. The summed E-state index contributed by atoms with van der Waals surface area (Å²) >= 11 is 0. The number of fused-ring (bicyclic) bond motifs is 2.